The zero-order valence-electron chi connectivity index (χ0n) is 10.3. The largest absolute Gasteiger partial charge is 0.465 e. The van der Waals surface area contributed by atoms with Gasteiger partial charge in [-0.3, -0.25) is 0 Å². The molecule has 0 bridgehead atoms. The Bertz CT molecular complexity index is 555. The lowest BCUT2D eigenvalue weighted by Crippen LogP contribution is -1.94. The molecule has 1 aliphatic heterocycles. The van der Waals surface area contributed by atoms with Crippen LogP contribution in [0.2, 0.25) is 0 Å². The van der Waals surface area contributed by atoms with Crippen LogP contribution in [0.5, 0.6) is 0 Å². The van der Waals surface area contributed by atoms with E-state index in [0.29, 0.717) is 11.3 Å². The highest BCUT2D eigenvalue weighted by Crippen LogP contribution is 2.17. The van der Waals surface area contributed by atoms with Crippen molar-refractivity contribution in [3.8, 4) is 0 Å². The fourth-order valence-corrected chi connectivity index (χ4v) is 1.51. The van der Waals surface area contributed by atoms with E-state index in [1.54, 1.807) is 19.3 Å². The van der Waals surface area contributed by atoms with Crippen molar-refractivity contribution in [3.05, 3.63) is 65.4 Å². The Kier molecular flexibility index (Phi) is 3.63. The van der Waals surface area contributed by atoms with Crippen LogP contribution in [0.25, 0.3) is 6.08 Å². The van der Waals surface area contributed by atoms with E-state index in [-0.39, 0.29) is 5.97 Å². The molecule has 0 spiro atoms. The quantitative estimate of drug-likeness (QED) is 0.600. The Morgan fingerprint density at radius 3 is 2.83 bits per heavy atom. The molecule has 3 nitrogen and oxygen atoms in total. The van der Waals surface area contributed by atoms with E-state index in [2.05, 4.69) is 0 Å². The van der Waals surface area contributed by atoms with E-state index in [9.17, 15) is 4.79 Å². The Labute approximate surface area is 106 Å². The summed E-state index contributed by atoms with van der Waals surface area (Å²) in [6.45, 7) is 3.67. The van der Waals surface area contributed by atoms with Crippen molar-refractivity contribution in [2.24, 2.45) is 0 Å². The minimum atomic E-state index is -0.278. The van der Waals surface area contributed by atoms with Crippen LogP contribution in [0.15, 0.2) is 64.0 Å². The summed E-state index contributed by atoms with van der Waals surface area (Å²) >= 11 is 0. The van der Waals surface area contributed by atoms with E-state index in [1.165, 1.54) is 0 Å². The molecule has 0 radical (unpaired) electrons. The first-order valence-electron chi connectivity index (χ1n) is 5.66. The summed E-state index contributed by atoms with van der Waals surface area (Å²) in [5.74, 6) is 1.10. The maximum Gasteiger partial charge on any atom is 0.339 e. The molecule has 1 aromatic heterocycles. The van der Waals surface area contributed by atoms with Crippen LogP contribution in [0, 0.1) is 0 Å². The molecule has 0 aliphatic carbocycles. The van der Waals surface area contributed by atoms with Crippen LogP contribution in [0.3, 0.4) is 0 Å². The van der Waals surface area contributed by atoms with Gasteiger partial charge in [0, 0.05) is 5.57 Å². The average molecular weight is 242 g/mol. The maximum absolute atomic E-state index is 11.2. The average Bonchev–Trinajstić information content (AvgIpc) is 2.90. The van der Waals surface area contributed by atoms with Gasteiger partial charge < -0.3 is 9.15 Å². The van der Waals surface area contributed by atoms with Crippen molar-refractivity contribution in [1.29, 1.82) is 0 Å². The normalized spacial score (nSPS) is 18.6. The van der Waals surface area contributed by atoms with Gasteiger partial charge in [-0.05, 0) is 49.8 Å². The second-order valence-electron chi connectivity index (χ2n) is 4.05. The van der Waals surface area contributed by atoms with E-state index in [0.717, 1.165) is 11.3 Å². The summed E-state index contributed by atoms with van der Waals surface area (Å²) < 4.78 is 10.2. The third-order valence-electron chi connectivity index (χ3n) is 2.42. The van der Waals surface area contributed by atoms with Crippen LogP contribution in [0.1, 0.15) is 19.6 Å². The molecule has 1 aromatic rings. The van der Waals surface area contributed by atoms with Gasteiger partial charge in [-0.1, -0.05) is 12.2 Å². The van der Waals surface area contributed by atoms with Gasteiger partial charge in [-0.25, -0.2) is 4.79 Å². The van der Waals surface area contributed by atoms with Gasteiger partial charge in [0.1, 0.15) is 11.5 Å². The van der Waals surface area contributed by atoms with Crippen molar-refractivity contribution in [1.82, 2.24) is 0 Å². The second kappa shape index (κ2) is 5.36. The Morgan fingerprint density at radius 2 is 2.22 bits per heavy atom. The summed E-state index contributed by atoms with van der Waals surface area (Å²) in [5.41, 5.74) is 1.62. The molecule has 0 fully saturated rings. The van der Waals surface area contributed by atoms with Crippen molar-refractivity contribution in [2.75, 3.05) is 0 Å². The standard InChI is InChI=1S/C15H14O3/c1-11(5-3-6-13-7-4-8-17-13)9-14-10-12(2)15(16)18-14/h3-10H,1-2H3/b6-3+,11-5+,14-9-. The number of esters is 1. The number of allylic oxidation sites excluding steroid dienone is 5. The fraction of sp³-hybridized carbons (Fsp3) is 0.133. The third kappa shape index (κ3) is 3.10. The van der Waals surface area contributed by atoms with Crippen molar-refractivity contribution in [3.63, 3.8) is 0 Å². The number of cyclic esters (lactones) is 1. The van der Waals surface area contributed by atoms with Crippen molar-refractivity contribution >= 4 is 12.0 Å². The van der Waals surface area contributed by atoms with E-state index in [1.807, 2.05) is 43.4 Å². The lowest BCUT2D eigenvalue weighted by atomic mass is 10.2. The summed E-state index contributed by atoms with van der Waals surface area (Å²) in [6, 6.07) is 3.72. The first-order chi connectivity index (χ1) is 8.65. The highest BCUT2D eigenvalue weighted by atomic mass is 16.5. The fourth-order valence-electron chi connectivity index (χ4n) is 1.51. The van der Waals surface area contributed by atoms with E-state index in [4.69, 9.17) is 9.15 Å². The molecule has 2 rings (SSSR count). The number of carbonyl (C=O) groups is 1. The van der Waals surface area contributed by atoms with E-state index < -0.39 is 0 Å². The molecule has 18 heavy (non-hydrogen) atoms. The number of furan rings is 1. The molecule has 3 heteroatoms. The highest BCUT2D eigenvalue weighted by Gasteiger charge is 2.16. The number of hydrogen-bond acceptors (Lipinski definition) is 3. The second-order valence-corrected chi connectivity index (χ2v) is 4.05. The van der Waals surface area contributed by atoms with Gasteiger partial charge in [0.25, 0.3) is 0 Å². The van der Waals surface area contributed by atoms with Crippen LogP contribution in [-0.4, -0.2) is 5.97 Å². The van der Waals surface area contributed by atoms with Gasteiger partial charge in [0.2, 0.25) is 0 Å². The number of hydrogen-bond donors (Lipinski definition) is 0. The summed E-state index contributed by atoms with van der Waals surface area (Å²) in [7, 11) is 0. The first kappa shape index (κ1) is 12.2. The molecule has 2 heterocycles. The molecule has 0 N–H and O–H groups in total. The molecule has 0 unspecified atom stereocenters. The molecule has 1 aliphatic rings. The predicted octanol–water partition coefficient (Wildman–Crippen LogP) is 3.63. The summed E-state index contributed by atoms with van der Waals surface area (Å²) in [4.78, 5) is 11.2. The first-order valence-corrected chi connectivity index (χ1v) is 5.66. The van der Waals surface area contributed by atoms with Crippen LogP contribution in [-0.2, 0) is 9.53 Å². The number of rotatable bonds is 3. The molecule has 0 atom stereocenters. The Hall–Kier alpha value is -2.29. The van der Waals surface area contributed by atoms with Gasteiger partial charge in [-0.15, -0.1) is 0 Å². The summed E-state index contributed by atoms with van der Waals surface area (Å²) in [5, 5.41) is 0. The van der Waals surface area contributed by atoms with Crippen LogP contribution < -0.4 is 0 Å². The van der Waals surface area contributed by atoms with Crippen molar-refractivity contribution in [2.45, 2.75) is 13.8 Å². The van der Waals surface area contributed by atoms with Crippen LogP contribution >= 0.6 is 0 Å². The Balaban J connectivity index is 2.02. The lowest BCUT2D eigenvalue weighted by molar-refractivity contribution is -0.133. The highest BCUT2D eigenvalue weighted by molar-refractivity contribution is 5.92. The molecule has 0 saturated carbocycles. The van der Waals surface area contributed by atoms with Gasteiger partial charge in [-0.2, -0.15) is 0 Å². The molecular weight excluding hydrogens is 228 g/mol. The Morgan fingerprint density at radius 1 is 1.39 bits per heavy atom. The molecule has 0 aromatic carbocycles. The smallest absolute Gasteiger partial charge is 0.339 e. The zero-order chi connectivity index (χ0) is 13.0. The van der Waals surface area contributed by atoms with Gasteiger partial charge in [0.05, 0.1) is 6.26 Å². The SMILES string of the molecule is CC1=C/C(=C/C(C)=C/C=C/c2ccco2)OC1=O. The third-order valence-corrected chi connectivity index (χ3v) is 2.42. The topological polar surface area (TPSA) is 39.4 Å². The molecule has 0 saturated heterocycles. The minimum Gasteiger partial charge on any atom is -0.465 e. The van der Waals surface area contributed by atoms with Gasteiger partial charge in [0.15, 0.2) is 0 Å². The van der Waals surface area contributed by atoms with Crippen molar-refractivity contribution < 1.29 is 13.9 Å². The minimum absolute atomic E-state index is 0.278. The monoisotopic (exact) mass is 242 g/mol. The maximum atomic E-state index is 11.2. The molecular formula is C15H14O3. The van der Waals surface area contributed by atoms with E-state index >= 15 is 0 Å². The number of carbonyl (C=O) groups excluding carboxylic acids is 1. The predicted molar refractivity (Wildman–Crippen MR) is 69.4 cm³/mol. The zero-order valence-corrected chi connectivity index (χ0v) is 10.3. The summed E-state index contributed by atoms with van der Waals surface area (Å²) in [6.07, 6.45) is 10.9. The van der Waals surface area contributed by atoms with Gasteiger partial charge >= 0.3 is 5.97 Å². The molecule has 92 valence electrons. The number of ether oxygens (including phenoxy) is 1. The van der Waals surface area contributed by atoms with Crippen LogP contribution in [0.4, 0.5) is 0 Å². The lowest BCUT2D eigenvalue weighted by Gasteiger charge is -1.95. The molecule has 0 amide bonds.